The van der Waals surface area contributed by atoms with Crippen LogP contribution < -0.4 is 25.0 Å². The van der Waals surface area contributed by atoms with Crippen LogP contribution in [0.4, 0.5) is 16.2 Å². The second kappa shape index (κ2) is 10.8. The molecule has 9 heteroatoms. The van der Waals surface area contributed by atoms with Crippen LogP contribution in [0.2, 0.25) is 0 Å². The Labute approximate surface area is 213 Å². The number of hydrogen-bond acceptors (Lipinski definition) is 6. The summed E-state index contributed by atoms with van der Waals surface area (Å²) in [6.45, 7) is 3.63. The SMILES string of the molecule is COc1cc(/C=C2/C(=O)NC(=O)N(c3ccccc3)C2=O)ccc1OCC(=O)Nc1ccc(C)cc1C. The number of barbiturate groups is 1. The van der Waals surface area contributed by atoms with E-state index in [1.807, 2.05) is 32.0 Å². The maximum Gasteiger partial charge on any atom is 0.335 e. The third kappa shape index (κ3) is 5.67. The van der Waals surface area contributed by atoms with Crippen LogP contribution in [-0.2, 0) is 14.4 Å². The van der Waals surface area contributed by atoms with E-state index in [-0.39, 0.29) is 18.1 Å². The summed E-state index contributed by atoms with van der Waals surface area (Å²) in [4.78, 5) is 51.1. The molecule has 1 heterocycles. The highest BCUT2D eigenvalue weighted by Crippen LogP contribution is 2.30. The molecule has 0 aromatic heterocycles. The highest BCUT2D eigenvalue weighted by Gasteiger charge is 2.36. The Morgan fingerprint density at radius 3 is 2.43 bits per heavy atom. The van der Waals surface area contributed by atoms with Crippen molar-refractivity contribution in [1.82, 2.24) is 5.32 Å². The average molecular weight is 500 g/mol. The number of para-hydroxylation sites is 1. The van der Waals surface area contributed by atoms with Crippen LogP contribution in [0.15, 0.2) is 72.3 Å². The molecule has 2 N–H and O–H groups in total. The topological polar surface area (TPSA) is 114 Å². The summed E-state index contributed by atoms with van der Waals surface area (Å²) in [6.07, 6.45) is 1.36. The summed E-state index contributed by atoms with van der Waals surface area (Å²) in [6, 6.07) is 17.9. The summed E-state index contributed by atoms with van der Waals surface area (Å²) in [7, 11) is 1.43. The van der Waals surface area contributed by atoms with Gasteiger partial charge in [-0.05, 0) is 61.4 Å². The first-order chi connectivity index (χ1) is 17.8. The van der Waals surface area contributed by atoms with E-state index in [0.717, 1.165) is 16.0 Å². The van der Waals surface area contributed by atoms with Gasteiger partial charge < -0.3 is 14.8 Å². The molecule has 188 valence electrons. The summed E-state index contributed by atoms with van der Waals surface area (Å²) in [5.74, 6) is -1.28. The Hall–Kier alpha value is -4.92. The molecule has 1 aliphatic heterocycles. The summed E-state index contributed by atoms with van der Waals surface area (Å²) in [5, 5.41) is 5.00. The summed E-state index contributed by atoms with van der Waals surface area (Å²) in [5.41, 5.74) is 3.32. The lowest BCUT2D eigenvalue weighted by molar-refractivity contribution is -0.122. The van der Waals surface area contributed by atoms with Gasteiger partial charge in [0.05, 0.1) is 12.8 Å². The van der Waals surface area contributed by atoms with Crippen molar-refractivity contribution in [2.45, 2.75) is 13.8 Å². The van der Waals surface area contributed by atoms with Crippen molar-refractivity contribution in [2.75, 3.05) is 23.9 Å². The molecule has 1 fully saturated rings. The van der Waals surface area contributed by atoms with Gasteiger partial charge in [-0.15, -0.1) is 0 Å². The number of methoxy groups -OCH3 is 1. The van der Waals surface area contributed by atoms with E-state index >= 15 is 0 Å². The quantitative estimate of drug-likeness (QED) is 0.375. The zero-order valence-corrected chi connectivity index (χ0v) is 20.5. The zero-order valence-electron chi connectivity index (χ0n) is 20.5. The molecular weight excluding hydrogens is 474 g/mol. The number of hydrogen-bond donors (Lipinski definition) is 2. The van der Waals surface area contributed by atoms with E-state index in [1.165, 1.54) is 13.2 Å². The molecule has 37 heavy (non-hydrogen) atoms. The molecule has 1 aliphatic rings. The smallest absolute Gasteiger partial charge is 0.335 e. The predicted molar refractivity (Wildman–Crippen MR) is 138 cm³/mol. The molecule has 0 aliphatic carbocycles. The van der Waals surface area contributed by atoms with E-state index in [9.17, 15) is 19.2 Å². The molecule has 0 unspecified atom stereocenters. The van der Waals surface area contributed by atoms with Crippen molar-refractivity contribution in [1.29, 1.82) is 0 Å². The summed E-state index contributed by atoms with van der Waals surface area (Å²) >= 11 is 0. The Morgan fingerprint density at radius 2 is 1.73 bits per heavy atom. The number of anilines is 2. The van der Waals surface area contributed by atoms with Gasteiger partial charge in [0, 0.05) is 5.69 Å². The maximum absolute atomic E-state index is 13.0. The first-order valence-corrected chi connectivity index (χ1v) is 11.4. The van der Waals surface area contributed by atoms with Crippen molar-refractivity contribution in [3.05, 3.63) is 89.0 Å². The minimum atomic E-state index is -0.821. The number of ether oxygens (including phenoxy) is 2. The largest absolute Gasteiger partial charge is 0.493 e. The number of rotatable bonds is 7. The van der Waals surface area contributed by atoms with Crippen molar-refractivity contribution < 1.29 is 28.7 Å². The van der Waals surface area contributed by atoms with Gasteiger partial charge in [0.25, 0.3) is 17.7 Å². The fourth-order valence-corrected chi connectivity index (χ4v) is 3.81. The molecule has 9 nitrogen and oxygen atoms in total. The van der Waals surface area contributed by atoms with Gasteiger partial charge in [0.15, 0.2) is 18.1 Å². The van der Waals surface area contributed by atoms with E-state index in [4.69, 9.17) is 9.47 Å². The lowest BCUT2D eigenvalue weighted by atomic mass is 10.1. The van der Waals surface area contributed by atoms with Crippen LogP contribution in [0.25, 0.3) is 6.08 Å². The molecule has 3 aromatic carbocycles. The number of carbonyl (C=O) groups is 4. The normalized spacial score (nSPS) is 14.4. The zero-order chi connectivity index (χ0) is 26.5. The van der Waals surface area contributed by atoms with Crippen molar-refractivity contribution >= 4 is 41.2 Å². The number of amides is 5. The molecule has 0 spiro atoms. The van der Waals surface area contributed by atoms with Crippen molar-refractivity contribution in [2.24, 2.45) is 0 Å². The lowest BCUT2D eigenvalue weighted by Crippen LogP contribution is -2.54. The number of benzene rings is 3. The molecule has 0 saturated carbocycles. The van der Waals surface area contributed by atoms with Gasteiger partial charge >= 0.3 is 6.03 Å². The van der Waals surface area contributed by atoms with Gasteiger partial charge in [-0.25, -0.2) is 9.69 Å². The standard InChI is InChI=1S/C28H25N3O6/c1-17-9-11-22(18(2)13-17)29-25(32)16-37-23-12-10-19(15-24(23)36-3)14-21-26(33)30-28(35)31(27(21)34)20-7-5-4-6-8-20/h4-15H,16H2,1-3H3,(H,29,32)(H,30,33,35)/b21-14-. The number of carbonyl (C=O) groups excluding carboxylic acids is 4. The van der Waals surface area contributed by atoms with Crippen LogP contribution in [0.5, 0.6) is 11.5 Å². The van der Waals surface area contributed by atoms with Gasteiger partial charge in [-0.3, -0.25) is 19.7 Å². The van der Waals surface area contributed by atoms with Crippen LogP contribution in [0.3, 0.4) is 0 Å². The second-order valence-corrected chi connectivity index (χ2v) is 8.36. The highest BCUT2D eigenvalue weighted by atomic mass is 16.5. The number of nitrogens with one attached hydrogen (secondary N) is 2. The average Bonchev–Trinajstić information content (AvgIpc) is 2.87. The first kappa shape index (κ1) is 25.2. The predicted octanol–water partition coefficient (Wildman–Crippen LogP) is 4.00. The van der Waals surface area contributed by atoms with Crippen molar-refractivity contribution in [3.8, 4) is 11.5 Å². The molecule has 0 atom stereocenters. The van der Waals surface area contributed by atoms with Gasteiger partial charge in [0.1, 0.15) is 5.57 Å². The molecule has 0 bridgehead atoms. The third-order valence-electron chi connectivity index (χ3n) is 5.63. The Balaban J connectivity index is 1.50. The molecular formula is C28H25N3O6. The number of aryl methyl sites for hydroxylation is 2. The molecule has 0 radical (unpaired) electrons. The third-order valence-corrected chi connectivity index (χ3v) is 5.63. The van der Waals surface area contributed by atoms with E-state index in [0.29, 0.717) is 28.4 Å². The Bertz CT molecular complexity index is 1410. The summed E-state index contributed by atoms with van der Waals surface area (Å²) < 4.78 is 11.0. The van der Waals surface area contributed by atoms with Crippen LogP contribution in [0, 0.1) is 13.8 Å². The maximum atomic E-state index is 13.0. The molecule has 5 amide bonds. The van der Waals surface area contributed by atoms with Gasteiger partial charge in [-0.1, -0.05) is 42.0 Å². The number of nitrogens with zero attached hydrogens (tertiary/aromatic N) is 1. The number of imide groups is 2. The monoisotopic (exact) mass is 499 g/mol. The fourth-order valence-electron chi connectivity index (χ4n) is 3.81. The Kier molecular flexibility index (Phi) is 7.34. The molecule has 1 saturated heterocycles. The Morgan fingerprint density at radius 1 is 0.973 bits per heavy atom. The van der Waals surface area contributed by atoms with E-state index < -0.39 is 17.8 Å². The van der Waals surface area contributed by atoms with Gasteiger partial charge in [0.2, 0.25) is 0 Å². The minimum absolute atomic E-state index is 0.216. The van der Waals surface area contributed by atoms with Crippen molar-refractivity contribution in [3.63, 3.8) is 0 Å². The van der Waals surface area contributed by atoms with E-state index in [2.05, 4.69) is 10.6 Å². The first-order valence-electron chi connectivity index (χ1n) is 11.4. The minimum Gasteiger partial charge on any atom is -0.493 e. The lowest BCUT2D eigenvalue weighted by Gasteiger charge is -2.26. The van der Waals surface area contributed by atoms with Gasteiger partial charge in [-0.2, -0.15) is 0 Å². The fraction of sp³-hybridized carbons (Fsp3) is 0.143. The molecule has 4 rings (SSSR count). The van der Waals surface area contributed by atoms with Crippen LogP contribution in [-0.4, -0.2) is 37.5 Å². The number of urea groups is 1. The van der Waals surface area contributed by atoms with E-state index in [1.54, 1.807) is 48.5 Å². The van der Waals surface area contributed by atoms with Crippen LogP contribution >= 0.6 is 0 Å². The highest BCUT2D eigenvalue weighted by molar-refractivity contribution is 6.39. The molecule has 3 aromatic rings. The van der Waals surface area contributed by atoms with Crippen LogP contribution in [0.1, 0.15) is 16.7 Å². The second-order valence-electron chi connectivity index (χ2n) is 8.36.